The van der Waals surface area contributed by atoms with E-state index in [0.717, 1.165) is 12.3 Å². The average Bonchev–Trinajstić information content (AvgIpc) is 2.47. The fraction of sp³-hybridized carbons (Fsp3) is 0.133. The Morgan fingerprint density at radius 3 is 2.39 bits per heavy atom. The molecule has 0 aliphatic carbocycles. The number of benzene rings is 2. The minimum Gasteiger partial charge on any atom is -0.323 e. The molecule has 1 amide bonds. The highest BCUT2D eigenvalue weighted by Crippen LogP contribution is 2.23. The first-order chi connectivity index (χ1) is 10.8. The van der Waals surface area contributed by atoms with Crippen molar-refractivity contribution in [2.45, 2.75) is 0 Å². The molecule has 0 aliphatic rings. The van der Waals surface area contributed by atoms with Gasteiger partial charge in [0.1, 0.15) is 12.4 Å². The summed E-state index contributed by atoms with van der Waals surface area (Å²) in [5.41, 5.74) is 0.158. The molecule has 0 radical (unpaired) electrons. The molecule has 2 aromatic rings. The van der Waals surface area contributed by atoms with Crippen LogP contribution in [0, 0.1) is 5.82 Å². The Morgan fingerprint density at radius 2 is 1.78 bits per heavy atom. The number of hydrogen-bond donors (Lipinski definition) is 1. The Bertz CT molecular complexity index is 827. The Morgan fingerprint density at radius 1 is 1.17 bits per heavy atom. The number of para-hydroxylation sites is 2. The maximum Gasteiger partial charge on any atom is 0.245 e. The number of nitrogens with one attached hydrogen (secondary N) is 1. The van der Waals surface area contributed by atoms with E-state index in [2.05, 4.69) is 5.32 Å². The Hall–Kier alpha value is -2.12. The lowest BCUT2D eigenvalue weighted by Gasteiger charge is -2.22. The molecule has 23 heavy (non-hydrogen) atoms. The highest BCUT2D eigenvalue weighted by molar-refractivity contribution is 7.92. The average molecular weight is 357 g/mol. The molecule has 1 N–H and O–H groups in total. The van der Waals surface area contributed by atoms with Crippen molar-refractivity contribution in [2.75, 3.05) is 22.4 Å². The number of carbonyl (C=O) groups excluding carboxylic acids is 1. The van der Waals surface area contributed by atoms with Crippen LogP contribution in [0.4, 0.5) is 15.8 Å². The highest BCUT2D eigenvalue weighted by atomic mass is 35.5. The quantitative estimate of drug-likeness (QED) is 0.895. The molecule has 0 bridgehead atoms. The monoisotopic (exact) mass is 356 g/mol. The molecule has 2 rings (SSSR count). The molecule has 0 unspecified atom stereocenters. The van der Waals surface area contributed by atoms with Gasteiger partial charge in [0.05, 0.1) is 22.7 Å². The van der Waals surface area contributed by atoms with Gasteiger partial charge in [0.2, 0.25) is 15.9 Å². The molecule has 0 saturated heterocycles. The molecule has 8 heteroatoms. The van der Waals surface area contributed by atoms with Crippen LogP contribution in [0.3, 0.4) is 0 Å². The van der Waals surface area contributed by atoms with Gasteiger partial charge >= 0.3 is 0 Å². The van der Waals surface area contributed by atoms with Crippen molar-refractivity contribution in [3.63, 3.8) is 0 Å². The van der Waals surface area contributed by atoms with Gasteiger partial charge in [-0.05, 0) is 24.3 Å². The lowest BCUT2D eigenvalue weighted by Crippen LogP contribution is -2.38. The normalized spacial score (nSPS) is 11.1. The van der Waals surface area contributed by atoms with E-state index in [-0.39, 0.29) is 5.69 Å². The van der Waals surface area contributed by atoms with E-state index in [9.17, 15) is 17.6 Å². The van der Waals surface area contributed by atoms with Crippen molar-refractivity contribution in [1.29, 1.82) is 0 Å². The van der Waals surface area contributed by atoms with Crippen molar-refractivity contribution in [2.24, 2.45) is 0 Å². The number of carbonyl (C=O) groups is 1. The number of rotatable bonds is 5. The van der Waals surface area contributed by atoms with E-state index in [0.29, 0.717) is 15.0 Å². The van der Waals surface area contributed by atoms with Crippen molar-refractivity contribution in [3.05, 3.63) is 59.4 Å². The van der Waals surface area contributed by atoms with E-state index >= 15 is 0 Å². The van der Waals surface area contributed by atoms with Crippen LogP contribution in [0.25, 0.3) is 0 Å². The first-order valence-corrected chi connectivity index (χ1v) is 8.78. The van der Waals surface area contributed by atoms with Crippen LogP contribution in [0.2, 0.25) is 5.02 Å². The maximum absolute atomic E-state index is 13.9. The summed E-state index contributed by atoms with van der Waals surface area (Å²) >= 11 is 5.93. The lowest BCUT2D eigenvalue weighted by molar-refractivity contribution is -0.114. The van der Waals surface area contributed by atoms with Gasteiger partial charge in [-0.2, -0.15) is 0 Å². The van der Waals surface area contributed by atoms with Gasteiger partial charge < -0.3 is 5.32 Å². The number of sulfonamides is 1. The van der Waals surface area contributed by atoms with Crippen LogP contribution in [-0.4, -0.2) is 27.1 Å². The van der Waals surface area contributed by atoms with E-state index in [1.54, 1.807) is 24.3 Å². The van der Waals surface area contributed by atoms with E-state index in [1.165, 1.54) is 18.2 Å². The Kier molecular flexibility index (Phi) is 5.23. The SMILES string of the molecule is CS(=O)(=O)N(CC(=O)Nc1ccccc1Cl)c1ccccc1F. The van der Waals surface area contributed by atoms with E-state index in [1.807, 2.05) is 0 Å². The Balaban J connectivity index is 2.24. The fourth-order valence-corrected chi connectivity index (χ4v) is 2.96. The molecule has 0 aliphatic heterocycles. The van der Waals surface area contributed by atoms with Crippen molar-refractivity contribution < 1.29 is 17.6 Å². The number of anilines is 2. The van der Waals surface area contributed by atoms with Crippen molar-refractivity contribution >= 4 is 38.9 Å². The van der Waals surface area contributed by atoms with Gasteiger partial charge in [-0.1, -0.05) is 35.9 Å². The molecule has 5 nitrogen and oxygen atoms in total. The van der Waals surface area contributed by atoms with Crippen LogP contribution in [0.1, 0.15) is 0 Å². The molecule has 0 saturated carbocycles. The van der Waals surface area contributed by atoms with Gasteiger partial charge in [-0.3, -0.25) is 9.10 Å². The topological polar surface area (TPSA) is 66.5 Å². The first-order valence-electron chi connectivity index (χ1n) is 6.55. The fourth-order valence-electron chi connectivity index (χ4n) is 1.92. The third-order valence-electron chi connectivity index (χ3n) is 2.96. The zero-order valence-electron chi connectivity index (χ0n) is 12.2. The van der Waals surface area contributed by atoms with Gasteiger partial charge in [0.25, 0.3) is 0 Å². The molecule has 122 valence electrons. The van der Waals surface area contributed by atoms with Crippen molar-refractivity contribution in [3.8, 4) is 0 Å². The third kappa shape index (κ3) is 4.43. The largest absolute Gasteiger partial charge is 0.323 e. The predicted octanol–water partition coefficient (Wildman–Crippen LogP) is 2.88. The van der Waals surface area contributed by atoms with Crippen LogP contribution in [-0.2, 0) is 14.8 Å². The van der Waals surface area contributed by atoms with Crippen LogP contribution >= 0.6 is 11.6 Å². The van der Waals surface area contributed by atoms with Crippen molar-refractivity contribution in [1.82, 2.24) is 0 Å². The third-order valence-corrected chi connectivity index (χ3v) is 4.41. The summed E-state index contributed by atoms with van der Waals surface area (Å²) < 4.78 is 38.3. The Labute approximate surface area is 138 Å². The van der Waals surface area contributed by atoms with Gasteiger partial charge in [-0.25, -0.2) is 12.8 Å². The summed E-state index contributed by atoms with van der Waals surface area (Å²) in [5, 5.41) is 2.82. The molecule has 2 aromatic carbocycles. The number of halogens is 2. The second-order valence-electron chi connectivity index (χ2n) is 4.75. The molecule has 0 fully saturated rings. The second-order valence-corrected chi connectivity index (χ2v) is 7.06. The zero-order valence-corrected chi connectivity index (χ0v) is 13.7. The second kappa shape index (κ2) is 6.97. The molecular formula is C15H14ClFN2O3S. The van der Waals surface area contributed by atoms with E-state index < -0.39 is 28.3 Å². The molecule has 0 heterocycles. The van der Waals surface area contributed by atoms with Gasteiger partial charge in [0.15, 0.2) is 0 Å². The molecular weight excluding hydrogens is 343 g/mol. The zero-order chi connectivity index (χ0) is 17.0. The molecule has 0 atom stereocenters. The van der Waals surface area contributed by atoms with Gasteiger partial charge in [-0.15, -0.1) is 0 Å². The summed E-state index contributed by atoms with van der Waals surface area (Å²) in [5.74, 6) is -1.37. The van der Waals surface area contributed by atoms with E-state index in [4.69, 9.17) is 11.6 Å². The number of amides is 1. The predicted molar refractivity (Wildman–Crippen MR) is 88.7 cm³/mol. The summed E-state index contributed by atoms with van der Waals surface area (Å²) in [4.78, 5) is 12.1. The first kappa shape index (κ1) is 17.2. The molecule has 0 spiro atoms. The highest BCUT2D eigenvalue weighted by Gasteiger charge is 2.23. The van der Waals surface area contributed by atoms with Crippen LogP contribution in [0.15, 0.2) is 48.5 Å². The summed E-state index contributed by atoms with van der Waals surface area (Å²) in [7, 11) is -3.84. The standard InChI is InChI=1S/C15H14ClFN2O3S/c1-23(21,22)19(14-9-5-3-7-12(14)17)10-15(20)18-13-8-4-2-6-11(13)16/h2-9H,10H2,1H3,(H,18,20). The summed E-state index contributed by atoms with van der Waals surface area (Å²) in [6, 6.07) is 11.9. The smallest absolute Gasteiger partial charge is 0.245 e. The lowest BCUT2D eigenvalue weighted by atomic mass is 10.3. The summed E-state index contributed by atoms with van der Waals surface area (Å²) in [6.07, 6.45) is 0.905. The number of hydrogen-bond acceptors (Lipinski definition) is 3. The summed E-state index contributed by atoms with van der Waals surface area (Å²) in [6.45, 7) is -0.564. The minimum absolute atomic E-state index is 0.190. The molecule has 0 aromatic heterocycles. The van der Waals surface area contributed by atoms with Gasteiger partial charge in [0, 0.05) is 0 Å². The minimum atomic E-state index is -3.84. The number of nitrogens with zero attached hydrogens (tertiary/aromatic N) is 1. The van der Waals surface area contributed by atoms with Crippen LogP contribution < -0.4 is 9.62 Å². The maximum atomic E-state index is 13.9. The van der Waals surface area contributed by atoms with Crippen LogP contribution in [0.5, 0.6) is 0 Å².